The van der Waals surface area contributed by atoms with Gasteiger partial charge < -0.3 is 4.42 Å². The Hall–Kier alpha value is -5.42. The van der Waals surface area contributed by atoms with E-state index in [0.29, 0.717) is 11.8 Å². The van der Waals surface area contributed by atoms with Gasteiger partial charge in [-0.15, -0.1) is 10.2 Å². The SMILES string of the molecule is c1ccc(-c2nnc(-c3ccc(-c4ccccc4-c4nc5ccccc5nc4-c4ccccc4)cc3)o2)cc1. The summed E-state index contributed by atoms with van der Waals surface area (Å²) in [6.45, 7) is 0. The molecule has 184 valence electrons. The number of nitrogens with zero attached hydrogens (tertiary/aromatic N) is 4. The van der Waals surface area contributed by atoms with Crippen LogP contribution in [-0.2, 0) is 0 Å². The van der Waals surface area contributed by atoms with Crippen molar-refractivity contribution in [2.75, 3.05) is 0 Å². The second-order valence-electron chi connectivity index (χ2n) is 9.18. The number of rotatable bonds is 5. The normalized spacial score (nSPS) is 11.1. The molecule has 0 fully saturated rings. The van der Waals surface area contributed by atoms with Crippen molar-refractivity contribution >= 4 is 11.0 Å². The number of fused-ring (bicyclic) bond motifs is 1. The molecule has 0 N–H and O–H groups in total. The summed E-state index contributed by atoms with van der Waals surface area (Å²) in [4.78, 5) is 10.2. The fourth-order valence-corrected chi connectivity index (χ4v) is 4.76. The molecule has 0 radical (unpaired) electrons. The maximum absolute atomic E-state index is 5.96. The zero-order chi connectivity index (χ0) is 26.0. The third-order valence-electron chi connectivity index (χ3n) is 6.69. The highest BCUT2D eigenvalue weighted by atomic mass is 16.4. The molecule has 0 aliphatic heterocycles. The second-order valence-corrected chi connectivity index (χ2v) is 9.18. The molecule has 0 aliphatic carbocycles. The van der Waals surface area contributed by atoms with Crippen LogP contribution >= 0.6 is 0 Å². The summed E-state index contributed by atoms with van der Waals surface area (Å²) in [5.74, 6) is 0.990. The molecule has 7 rings (SSSR count). The molecule has 0 saturated carbocycles. The quantitative estimate of drug-likeness (QED) is 0.237. The molecule has 0 unspecified atom stereocenters. The van der Waals surface area contributed by atoms with Gasteiger partial charge in [-0.2, -0.15) is 0 Å². The molecule has 2 aromatic heterocycles. The van der Waals surface area contributed by atoms with E-state index in [1.165, 1.54) is 0 Å². The third kappa shape index (κ3) is 4.36. The van der Waals surface area contributed by atoms with Crippen LogP contribution in [0.5, 0.6) is 0 Å². The first kappa shape index (κ1) is 22.8. The highest BCUT2D eigenvalue weighted by Crippen LogP contribution is 2.37. The fourth-order valence-electron chi connectivity index (χ4n) is 4.76. The molecule has 0 spiro atoms. The smallest absolute Gasteiger partial charge is 0.248 e. The number of aromatic nitrogens is 4. The summed E-state index contributed by atoms with van der Waals surface area (Å²) in [6.07, 6.45) is 0. The summed E-state index contributed by atoms with van der Waals surface area (Å²) < 4.78 is 5.96. The Bertz CT molecular complexity index is 1900. The topological polar surface area (TPSA) is 64.7 Å². The lowest BCUT2D eigenvalue weighted by Gasteiger charge is -2.14. The van der Waals surface area contributed by atoms with E-state index in [4.69, 9.17) is 14.4 Å². The summed E-state index contributed by atoms with van der Waals surface area (Å²) in [5, 5.41) is 8.50. The van der Waals surface area contributed by atoms with Crippen molar-refractivity contribution in [3.63, 3.8) is 0 Å². The van der Waals surface area contributed by atoms with Gasteiger partial charge in [-0.3, -0.25) is 0 Å². The molecule has 0 bridgehead atoms. The van der Waals surface area contributed by atoms with Gasteiger partial charge in [0.1, 0.15) is 0 Å². The minimum absolute atomic E-state index is 0.487. The Morgan fingerprint density at radius 3 is 1.46 bits per heavy atom. The van der Waals surface area contributed by atoms with E-state index >= 15 is 0 Å². The van der Waals surface area contributed by atoms with Gasteiger partial charge in [-0.1, -0.05) is 97.1 Å². The van der Waals surface area contributed by atoms with E-state index in [1.807, 2.05) is 97.1 Å². The van der Waals surface area contributed by atoms with Gasteiger partial charge in [0.15, 0.2) is 0 Å². The van der Waals surface area contributed by atoms with Crippen molar-refractivity contribution in [1.29, 1.82) is 0 Å². The average molecular weight is 503 g/mol. The molecule has 0 aliphatic rings. The lowest BCUT2D eigenvalue weighted by Crippen LogP contribution is -1.97. The van der Waals surface area contributed by atoms with Crippen molar-refractivity contribution in [2.24, 2.45) is 0 Å². The van der Waals surface area contributed by atoms with E-state index in [0.717, 1.165) is 55.8 Å². The van der Waals surface area contributed by atoms with Crippen LogP contribution in [0.2, 0.25) is 0 Å². The lowest BCUT2D eigenvalue weighted by atomic mass is 9.94. The van der Waals surface area contributed by atoms with Crippen LogP contribution in [0.4, 0.5) is 0 Å². The van der Waals surface area contributed by atoms with Gasteiger partial charge in [0.2, 0.25) is 11.8 Å². The molecule has 0 saturated heterocycles. The molecular formula is C34H22N4O. The number of hydrogen-bond acceptors (Lipinski definition) is 5. The van der Waals surface area contributed by atoms with E-state index in [9.17, 15) is 0 Å². The van der Waals surface area contributed by atoms with Gasteiger partial charge >= 0.3 is 0 Å². The fraction of sp³-hybridized carbons (Fsp3) is 0. The predicted octanol–water partition coefficient (Wildman–Crippen LogP) is 8.35. The largest absolute Gasteiger partial charge is 0.416 e. The molecule has 2 heterocycles. The first-order valence-electron chi connectivity index (χ1n) is 12.7. The van der Waals surface area contributed by atoms with Crippen LogP contribution in [0.15, 0.2) is 138 Å². The zero-order valence-electron chi connectivity index (χ0n) is 20.9. The summed E-state index contributed by atoms with van der Waals surface area (Å²) in [6, 6.07) is 44.5. The van der Waals surface area contributed by atoms with Crippen LogP contribution in [0.25, 0.3) is 67.6 Å². The first-order valence-corrected chi connectivity index (χ1v) is 12.7. The van der Waals surface area contributed by atoms with Crippen LogP contribution < -0.4 is 0 Å². The Labute approximate surface area is 225 Å². The average Bonchev–Trinajstić information content (AvgIpc) is 3.52. The van der Waals surface area contributed by atoms with Crippen LogP contribution in [0.3, 0.4) is 0 Å². The van der Waals surface area contributed by atoms with Gasteiger partial charge in [0.25, 0.3) is 0 Å². The standard InChI is InChI=1S/C34H22N4O/c1-3-11-24(12-4-1)31-32(36-30-18-10-9-17-29(30)35-31)28-16-8-7-15-27(28)23-19-21-26(22-20-23)34-38-37-33(39-34)25-13-5-2-6-14-25/h1-22H. The van der Waals surface area contributed by atoms with Crippen molar-refractivity contribution in [1.82, 2.24) is 20.2 Å². The van der Waals surface area contributed by atoms with E-state index in [-0.39, 0.29) is 0 Å². The Morgan fingerprint density at radius 1 is 0.359 bits per heavy atom. The molecule has 5 nitrogen and oxygen atoms in total. The maximum atomic E-state index is 5.96. The molecule has 5 aromatic carbocycles. The van der Waals surface area contributed by atoms with E-state index in [1.54, 1.807) is 0 Å². The molecule has 39 heavy (non-hydrogen) atoms. The minimum atomic E-state index is 0.487. The summed E-state index contributed by atoms with van der Waals surface area (Å²) in [7, 11) is 0. The predicted molar refractivity (Wildman–Crippen MR) is 155 cm³/mol. The highest BCUT2D eigenvalue weighted by molar-refractivity contribution is 5.92. The Balaban J connectivity index is 1.31. The third-order valence-corrected chi connectivity index (χ3v) is 6.69. The Morgan fingerprint density at radius 2 is 0.821 bits per heavy atom. The second kappa shape index (κ2) is 9.80. The Kier molecular flexibility index (Phi) is 5.72. The van der Waals surface area contributed by atoms with Crippen LogP contribution in [-0.4, -0.2) is 20.2 Å². The van der Waals surface area contributed by atoms with Crippen molar-refractivity contribution in [3.8, 4) is 56.6 Å². The molecule has 0 atom stereocenters. The monoisotopic (exact) mass is 502 g/mol. The van der Waals surface area contributed by atoms with Gasteiger partial charge in [-0.25, -0.2) is 9.97 Å². The number of hydrogen-bond donors (Lipinski definition) is 0. The summed E-state index contributed by atoms with van der Waals surface area (Å²) >= 11 is 0. The van der Waals surface area contributed by atoms with Gasteiger partial charge in [0, 0.05) is 22.3 Å². The maximum Gasteiger partial charge on any atom is 0.248 e. The number of para-hydroxylation sites is 2. The van der Waals surface area contributed by atoms with E-state index < -0.39 is 0 Å². The van der Waals surface area contributed by atoms with Gasteiger partial charge in [-0.05, 0) is 47.5 Å². The van der Waals surface area contributed by atoms with Crippen LogP contribution in [0, 0.1) is 0 Å². The minimum Gasteiger partial charge on any atom is -0.416 e. The van der Waals surface area contributed by atoms with Crippen molar-refractivity contribution in [3.05, 3.63) is 133 Å². The molecule has 7 aromatic rings. The molecule has 0 amide bonds. The van der Waals surface area contributed by atoms with E-state index in [2.05, 4.69) is 46.6 Å². The molecule has 5 heteroatoms. The highest BCUT2D eigenvalue weighted by Gasteiger charge is 2.17. The van der Waals surface area contributed by atoms with Crippen molar-refractivity contribution in [2.45, 2.75) is 0 Å². The number of benzene rings is 5. The zero-order valence-corrected chi connectivity index (χ0v) is 20.9. The van der Waals surface area contributed by atoms with Crippen LogP contribution in [0.1, 0.15) is 0 Å². The molecular weight excluding hydrogens is 480 g/mol. The first-order chi connectivity index (χ1) is 19.3. The van der Waals surface area contributed by atoms with Crippen molar-refractivity contribution < 1.29 is 4.42 Å². The summed E-state index contributed by atoms with van der Waals surface area (Å²) in [5.41, 5.74) is 9.38. The lowest BCUT2D eigenvalue weighted by molar-refractivity contribution is 0.584. The van der Waals surface area contributed by atoms with Gasteiger partial charge in [0.05, 0.1) is 22.4 Å².